The predicted molar refractivity (Wildman–Crippen MR) is 95.5 cm³/mol. The lowest BCUT2D eigenvalue weighted by molar-refractivity contribution is -0.127. The first-order chi connectivity index (χ1) is 13.6. The van der Waals surface area contributed by atoms with Crippen molar-refractivity contribution in [3.8, 4) is 11.5 Å². The summed E-state index contributed by atoms with van der Waals surface area (Å²) in [5.41, 5.74) is 5.22. The maximum Gasteiger partial charge on any atom is 0.289 e. The molecule has 2 aliphatic heterocycles. The summed E-state index contributed by atoms with van der Waals surface area (Å²) in [6, 6.07) is 8.07. The number of carbonyl (C=O) groups excluding carboxylic acids is 3. The number of likely N-dealkylation sites (tertiary alicyclic amines) is 1. The fraction of sp³-hybridized carbons (Fsp3) is 0.316. The van der Waals surface area contributed by atoms with E-state index in [1.54, 1.807) is 35.2 Å². The number of fused-ring (bicyclic) bond motifs is 1. The molecule has 3 heterocycles. The Hall–Kier alpha value is -3.49. The van der Waals surface area contributed by atoms with Crippen LogP contribution in [-0.4, -0.2) is 42.5 Å². The van der Waals surface area contributed by atoms with Crippen LogP contribution in [0.4, 0.5) is 0 Å². The van der Waals surface area contributed by atoms with Gasteiger partial charge in [-0.1, -0.05) is 0 Å². The highest BCUT2D eigenvalue weighted by Gasteiger charge is 2.29. The topological polar surface area (TPSA) is 110 Å². The van der Waals surface area contributed by atoms with Gasteiger partial charge in [0.1, 0.15) is 0 Å². The molecule has 0 spiro atoms. The molecular formula is C19H19N3O6. The lowest BCUT2D eigenvalue weighted by atomic mass is 9.96. The molecule has 0 bridgehead atoms. The van der Waals surface area contributed by atoms with Crippen LogP contribution in [0.1, 0.15) is 33.8 Å². The molecule has 146 valence electrons. The highest BCUT2D eigenvalue weighted by atomic mass is 16.7. The van der Waals surface area contributed by atoms with E-state index in [2.05, 4.69) is 10.9 Å². The van der Waals surface area contributed by atoms with E-state index < -0.39 is 5.91 Å². The Kier molecular flexibility index (Phi) is 4.88. The summed E-state index contributed by atoms with van der Waals surface area (Å²) >= 11 is 0. The van der Waals surface area contributed by atoms with Crippen LogP contribution in [0.3, 0.4) is 0 Å². The van der Waals surface area contributed by atoms with Gasteiger partial charge < -0.3 is 18.8 Å². The quantitative estimate of drug-likeness (QED) is 0.771. The van der Waals surface area contributed by atoms with Crippen LogP contribution in [0.25, 0.3) is 0 Å². The molecule has 2 aromatic rings. The zero-order valence-corrected chi connectivity index (χ0v) is 15.0. The van der Waals surface area contributed by atoms with Gasteiger partial charge in [-0.05, 0) is 43.2 Å². The second-order valence-electron chi connectivity index (χ2n) is 6.56. The molecule has 28 heavy (non-hydrogen) atoms. The van der Waals surface area contributed by atoms with Crippen molar-refractivity contribution in [3.05, 3.63) is 47.9 Å². The van der Waals surface area contributed by atoms with Crippen molar-refractivity contribution in [3.63, 3.8) is 0 Å². The first kappa shape index (κ1) is 17.9. The Labute approximate surface area is 160 Å². The van der Waals surface area contributed by atoms with Gasteiger partial charge in [-0.25, -0.2) is 0 Å². The molecule has 0 unspecified atom stereocenters. The highest BCUT2D eigenvalue weighted by molar-refractivity contribution is 5.96. The van der Waals surface area contributed by atoms with E-state index in [1.807, 2.05) is 0 Å². The summed E-state index contributed by atoms with van der Waals surface area (Å²) in [6.07, 6.45) is 2.48. The molecular weight excluding hydrogens is 366 g/mol. The number of ether oxygens (including phenoxy) is 2. The fourth-order valence-electron chi connectivity index (χ4n) is 3.23. The van der Waals surface area contributed by atoms with Gasteiger partial charge in [-0.3, -0.25) is 25.2 Å². The lowest BCUT2D eigenvalue weighted by Gasteiger charge is -2.30. The average molecular weight is 385 g/mol. The van der Waals surface area contributed by atoms with Gasteiger partial charge in [0.05, 0.1) is 6.26 Å². The van der Waals surface area contributed by atoms with Crippen molar-refractivity contribution in [1.82, 2.24) is 15.8 Å². The minimum Gasteiger partial charge on any atom is -0.459 e. The van der Waals surface area contributed by atoms with Crippen molar-refractivity contribution in [2.24, 2.45) is 5.92 Å². The Morgan fingerprint density at radius 3 is 2.54 bits per heavy atom. The average Bonchev–Trinajstić information content (AvgIpc) is 3.42. The number of nitrogens with one attached hydrogen (secondary N) is 2. The summed E-state index contributed by atoms with van der Waals surface area (Å²) in [5, 5.41) is 0. The van der Waals surface area contributed by atoms with Gasteiger partial charge in [0.2, 0.25) is 12.7 Å². The Balaban J connectivity index is 1.25. The minimum absolute atomic E-state index is 0.123. The molecule has 0 aliphatic carbocycles. The number of rotatable bonds is 3. The largest absolute Gasteiger partial charge is 0.459 e. The number of hydrogen-bond donors (Lipinski definition) is 2. The van der Waals surface area contributed by atoms with Crippen LogP contribution in [0.5, 0.6) is 11.5 Å². The van der Waals surface area contributed by atoms with Gasteiger partial charge in [0, 0.05) is 24.6 Å². The molecule has 0 saturated carbocycles. The van der Waals surface area contributed by atoms with Crippen molar-refractivity contribution in [2.45, 2.75) is 12.8 Å². The third kappa shape index (κ3) is 3.64. The zero-order valence-electron chi connectivity index (χ0n) is 15.0. The van der Waals surface area contributed by atoms with E-state index in [-0.39, 0.29) is 24.5 Å². The molecule has 0 atom stereocenters. The maximum absolute atomic E-state index is 12.3. The predicted octanol–water partition coefficient (Wildman–Crippen LogP) is 1.32. The van der Waals surface area contributed by atoms with E-state index in [4.69, 9.17) is 13.9 Å². The molecule has 2 N–H and O–H groups in total. The van der Waals surface area contributed by atoms with Crippen LogP contribution in [-0.2, 0) is 4.79 Å². The number of piperidine rings is 1. The van der Waals surface area contributed by atoms with Gasteiger partial charge in [0.15, 0.2) is 17.3 Å². The first-order valence-electron chi connectivity index (χ1n) is 8.94. The first-order valence-corrected chi connectivity index (χ1v) is 8.94. The normalized spacial score (nSPS) is 15.9. The smallest absolute Gasteiger partial charge is 0.289 e. The summed E-state index contributed by atoms with van der Waals surface area (Å²) < 4.78 is 15.6. The molecule has 4 rings (SSSR count). The summed E-state index contributed by atoms with van der Waals surface area (Å²) in [7, 11) is 0. The minimum atomic E-state index is -0.447. The molecule has 9 heteroatoms. The molecule has 1 saturated heterocycles. The summed E-state index contributed by atoms with van der Waals surface area (Å²) in [4.78, 5) is 38.5. The van der Waals surface area contributed by atoms with Gasteiger partial charge in [-0.15, -0.1) is 0 Å². The summed E-state index contributed by atoms with van der Waals surface area (Å²) in [6.45, 7) is 1.03. The third-order valence-electron chi connectivity index (χ3n) is 4.82. The zero-order chi connectivity index (χ0) is 19.5. The van der Waals surface area contributed by atoms with Gasteiger partial charge in [0.25, 0.3) is 11.8 Å². The van der Waals surface area contributed by atoms with Crippen molar-refractivity contribution in [2.75, 3.05) is 19.9 Å². The van der Waals surface area contributed by atoms with Crippen LogP contribution >= 0.6 is 0 Å². The fourth-order valence-corrected chi connectivity index (χ4v) is 3.23. The Morgan fingerprint density at radius 2 is 1.79 bits per heavy atom. The highest BCUT2D eigenvalue weighted by Crippen LogP contribution is 2.32. The maximum atomic E-state index is 12.3. The van der Waals surface area contributed by atoms with Crippen molar-refractivity contribution < 1.29 is 28.3 Å². The summed E-state index contributed by atoms with van der Waals surface area (Å²) in [5.74, 6) is 0.178. The van der Waals surface area contributed by atoms with Crippen molar-refractivity contribution in [1.29, 1.82) is 0 Å². The number of benzene rings is 1. The van der Waals surface area contributed by atoms with E-state index in [0.717, 1.165) is 0 Å². The molecule has 3 amide bonds. The number of nitrogens with zero attached hydrogens (tertiary/aromatic N) is 1. The molecule has 2 aliphatic rings. The second-order valence-corrected chi connectivity index (χ2v) is 6.56. The lowest BCUT2D eigenvalue weighted by Crippen LogP contribution is -2.48. The van der Waals surface area contributed by atoms with Gasteiger partial charge in [-0.2, -0.15) is 0 Å². The SMILES string of the molecule is O=C(NNC(=O)C1CCN(C(=O)c2ccco2)CC1)c1ccc2c(c1)OCO2. The molecule has 1 aromatic carbocycles. The van der Waals surface area contributed by atoms with E-state index >= 15 is 0 Å². The number of amides is 3. The Bertz CT molecular complexity index is 887. The molecule has 1 fully saturated rings. The third-order valence-corrected chi connectivity index (χ3v) is 4.82. The standard InChI is InChI=1S/C19H19N3O6/c23-17(12-5-7-22(8-6-12)19(25)15-2-1-9-26-15)20-21-18(24)13-3-4-14-16(10-13)28-11-27-14/h1-4,9-10,12H,5-8,11H2,(H,20,23)(H,21,24). The van der Waals surface area contributed by atoms with Crippen LogP contribution in [0, 0.1) is 5.92 Å². The Morgan fingerprint density at radius 1 is 1.00 bits per heavy atom. The molecule has 0 radical (unpaired) electrons. The van der Waals surface area contributed by atoms with Crippen LogP contribution in [0.2, 0.25) is 0 Å². The van der Waals surface area contributed by atoms with E-state index in [9.17, 15) is 14.4 Å². The number of furan rings is 1. The van der Waals surface area contributed by atoms with E-state index in [0.29, 0.717) is 48.8 Å². The van der Waals surface area contributed by atoms with Crippen LogP contribution < -0.4 is 20.3 Å². The van der Waals surface area contributed by atoms with Crippen molar-refractivity contribution >= 4 is 17.7 Å². The number of hydrazine groups is 1. The number of carbonyl (C=O) groups is 3. The van der Waals surface area contributed by atoms with E-state index in [1.165, 1.54) is 6.26 Å². The van der Waals surface area contributed by atoms with Gasteiger partial charge >= 0.3 is 0 Å². The monoisotopic (exact) mass is 385 g/mol. The second kappa shape index (κ2) is 7.63. The van der Waals surface area contributed by atoms with Crippen LogP contribution in [0.15, 0.2) is 41.0 Å². The molecule has 9 nitrogen and oxygen atoms in total. The molecule has 1 aromatic heterocycles. The number of hydrogen-bond acceptors (Lipinski definition) is 6.